The fraction of sp³-hybridized carbons (Fsp3) is 0.625. The van der Waals surface area contributed by atoms with E-state index in [0.29, 0.717) is 12.6 Å². The van der Waals surface area contributed by atoms with Crippen molar-refractivity contribution >= 4 is 0 Å². The molecule has 2 rings (SSSR count). The van der Waals surface area contributed by atoms with Crippen molar-refractivity contribution in [3.63, 3.8) is 0 Å². The summed E-state index contributed by atoms with van der Waals surface area (Å²) in [7, 11) is 4.32. The SMILES string of the molecule is CN(C)[C@H]1CCN(CCOc2ccc(CCN)cc2)C1. The number of benzene rings is 1. The van der Waals surface area contributed by atoms with Crippen molar-refractivity contribution in [3.8, 4) is 5.75 Å². The molecule has 0 spiro atoms. The second-order valence-corrected chi connectivity index (χ2v) is 5.74. The molecule has 1 saturated heterocycles. The molecule has 1 aliphatic rings. The Morgan fingerprint density at radius 1 is 1.30 bits per heavy atom. The number of rotatable bonds is 7. The van der Waals surface area contributed by atoms with Gasteiger partial charge in [-0.05, 0) is 57.7 Å². The zero-order valence-corrected chi connectivity index (χ0v) is 12.7. The van der Waals surface area contributed by atoms with Crippen molar-refractivity contribution in [1.29, 1.82) is 0 Å². The summed E-state index contributed by atoms with van der Waals surface area (Å²) in [6, 6.07) is 8.97. The molecule has 0 amide bonds. The molecule has 0 radical (unpaired) electrons. The summed E-state index contributed by atoms with van der Waals surface area (Å²) in [6.07, 6.45) is 2.20. The minimum absolute atomic E-state index is 0.697. The highest BCUT2D eigenvalue weighted by molar-refractivity contribution is 5.27. The minimum Gasteiger partial charge on any atom is -0.492 e. The molecule has 2 N–H and O–H groups in total. The van der Waals surface area contributed by atoms with Crippen LogP contribution in [-0.4, -0.2) is 62.7 Å². The fourth-order valence-electron chi connectivity index (χ4n) is 2.65. The number of likely N-dealkylation sites (N-methyl/N-ethyl adjacent to an activating group) is 1. The van der Waals surface area contributed by atoms with Gasteiger partial charge in [0.25, 0.3) is 0 Å². The lowest BCUT2D eigenvalue weighted by Crippen LogP contribution is -2.33. The van der Waals surface area contributed by atoms with Gasteiger partial charge in [-0.3, -0.25) is 4.90 Å². The number of nitrogens with zero attached hydrogens (tertiary/aromatic N) is 2. The molecule has 0 aliphatic carbocycles. The second-order valence-electron chi connectivity index (χ2n) is 5.74. The summed E-state index contributed by atoms with van der Waals surface area (Å²) in [4.78, 5) is 4.80. The molecule has 1 aromatic carbocycles. The highest BCUT2D eigenvalue weighted by Crippen LogP contribution is 2.14. The van der Waals surface area contributed by atoms with Crippen LogP contribution in [0.1, 0.15) is 12.0 Å². The van der Waals surface area contributed by atoms with Crippen molar-refractivity contribution in [2.75, 3.05) is 46.9 Å². The number of likely N-dealkylation sites (tertiary alicyclic amines) is 1. The van der Waals surface area contributed by atoms with E-state index in [-0.39, 0.29) is 0 Å². The Kier molecular flexibility index (Phi) is 5.83. The van der Waals surface area contributed by atoms with E-state index in [1.165, 1.54) is 18.5 Å². The molecule has 4 heteroatoms. The van der Waals surface area contributed by atoms with Crippen LogP contribution in [0.5, 0.6) is 5.75 Å². The lowest BCUT2D eigenvalue weighted by Gasteiger charge is -2.20. The van der Waals surface area contributed by atoms with Crippen LogP contribution in [0.25, 0.3) is 0 Å². The van der Waals surface area contributed by atoms with E-state index in [1.807, 2.05) is 12.1 Å². The predicted molar refractivity (Wildman–Crippen MR) is 83.2 cm³/mol. The molecule has 1 heterocycles. The molecular weight excluding hydrogens is 250 g/mol. The van der Waals surface area contributed by atoms with Crippen LogP contribution >= 0.6 is 0 Å². The molecule has 4 nitrogen and oxygen atoms in total. The zero-order valence-electron chi connectivity index (χ0n) is 12.7. The standard InChI is InChI=1S/C16H27N3O/c1-18(2)15-8-10-19(13-15)11-12-20-16-5-3-14(4-6-16)7-9-17/h3-6,15H,7-13,17H2,1-2H3/t15-/m0/s1. The maximum absolute atomic E-state index is 5.81. The van der Waals surface area contributed by atoms with Crippen molar-refractivity contribution in [3.05, 3.63) is 29.8 Å². The van der Waals surface area contributed by atoms with Gasteiger partial charge in [0, 0.05) is 19.1 Å². The molecule has 0 bridgehead atoms. The summed E-state index contributed by atoms with van der Waals surface area (Å²) >= 11 is 0. The van der Waals surface area contributed by atoms with E-state index in [2.05, 4.69) is 36.0 Å². The first-order chi connectivity index (χ1) is 9.69. The Labute approximate surface area is 122 Å². The third kappa shape index (κ3) is 4.47. The average molecular weight is 277 g/mol. The Morgan fingerprint density at radius 2 is 2.05 bits per heavy atom. The van der Waals surface area contributed by atoms with Gasteiger partial charge in [0.2, 0.25) is 0 Å². The van der Waals surface area contributed by atoms with Crippen LogP contribution in [0.4, 0.5) is 0 Å². The lowest BCUT2D eigenvalue weighted by atomic mass is 10.1. The Morgan fingerprint density at radius 3 is 2.65 bits per heavy atom. The van der Waals surface area contributed by atoms with Gasteiger partial charge in [-0.1, -0.05) is 12.1 Å². The summed E-state index contributed by atoms with van der Waals surface area (Å²) in [6.45, 7) is 4.81. The fourth-order valence-corrected chi connectivity index (χ4v) is 2.65. The number of nitrogens with two attached hydrogens (primary N) is 1. The van der Waals surface area contributed by atoms with Gasteiger partial charge in [0.1, 0.15) is 12.4 Å². The van der Waals surface area contributed by atoms with Crippen LogP contribution in [0, 0.1) is 0 Å². The van der Waals surface area contributed by atoms with E-state index in [4.69, 9.17) is 10.5 Å². The summed E-state index contributed by atoms with van der Waals surface area (Å²) in [5.74, 6) is 0.953. The largest absolute Gasteiger partial charge is 0.492 e. The van der Waals surface area contributed by atoms with Gasteiger partial charge in [0.05, 0.1) is 0 Å². The summed E-state index contributed by atoms with van der Waals surface area (Å²) < 4.78 is 5.81. The van der Waals surface area contributed by atoms with Crippen LogP contribution in [0.15, 0.2) is 24.3 Å². The number of hydrogen-bond acceptors (Lipinski definition) is 4. The van der Waals surface area contributed by atoms with Crippen molar-refractivity contribution in [1.82, 2.24) is 9.80 Å². The third-order valence-electron chi connectivity index (χ3n) is 4.01. The van der Waals surface area contributed by atoms with E-state index in [9.17, 15) is 0 Å². The monoisotopic (exact) mass is 277 g/mol. The molecule has 1 aliphatic heterocycles. The van der Waals surface area contributed by atoms with E-state index in [0.717, 1.165) is 31.9 Å². The zero-order chi connectivity index (χ0) is 14.4. The quantitative estimate of drug-likeness (QED) is 0.813. The maximum atomic E-state index is 5.81. The molecule has 20 heavy (non-hydrogen) atoms. The maximum Gasteiger partial charge on any atom is 0.119 e. The Hall–Kier alpha value is -1.10. The van der Waals surface area contributed by atoms with Crippen molar-refractivity contribution < 1.29 is 4.74 Å². The van der Waals surface area contributed by atoms with E-state index in [1.54, 1.807) is 0 Å². The molecule has 0 saturated carbocycles. The molecule has 112 valence electrons. The van der Waals surface area contributed by atoms with Crippen LogP contribution in [0.3, 0.4) is 0 Å². The molecule has 1 aromatic rings. The molecule has 0 aromatic heterocycles. The normalized spacial score (nSPS) is 19.7. The van der Waals surface area contributed by atoms with Gasteiger partial charge in [0.15, 0.2) is 0 Å². The predicted octanol–water partition coefficient (Wildman–Crippen LogP) is 1.20. The Bertz CT molecular complexity index is 391. The summed E-state index contributed by atoms with van der Waals surface area (Å²) in [5.41, 5.74) is 6.81. The lowest BCUT2D eigenvalue weighted by molar-refractivity contribution is 0.220. The second kappa shape index (κ2) is 7.62. The molecule has 1 fully saturated rings. The first kappa shape index (κ1) is 15.3. The smallest absolute Gasteiger partial charge is 0.119 e. The minimum atomic E-state index is 0.697. The van der Waals surface area contributed by atoms with Crippen LogP contribution in [-0.2, 0) is 6.42 Å². The van der Waals surface area contributed by atoms with Crippen LogP contribution in [0.2, 0.25) is 0 Å². The van der Waals surface area contributed by atoms with E-state index < -0.39 is 0 Å². The van der Waals surface area contributed by atoms with Crippen LogP contribution < -0.4 is 10.5 Å². The summed E-state index contributed by atoms with van der Waals surface area (Å²) in [5, 5.41) is 0. The number of ether oxygens (including phenoxy) is 1. The van der Waals surface area contributed by atoms with Gasteiger partial charge < -0.3 is 15.4 Å². The molecular formula is C16H27N3O. The van der Waals surface area contributed by atoms with Crippen molar-refractivity contribution in [2.24, 2.45) is 5.73 Å². The van der Waals surface area contributed by atoms with Crippen molar-refractivity contribution in [2.45, 2.75) is 18.9 Å². The Balaban J connectivity index is 1.68. The van der Waals surface area contributed by atoms with Gasteiger partial charge in [-0.25, -0.2) is 0 Å². The highest BCUT2D eigenvalue weighted by Gasteiger charge is 2.23. The van der Waals surface area contributed by atoms with E-state index >= 15 is 0 Å². The topological polar surface area (TPSA) is 41.7 Å². The molecule has 0 unspecified atom stereocenters. The highest BCUT2D eigenvalue weighted by atomic mass is 16.5. The van der Waals surface area contributed by atoms with Gasteiger partial charge in [-0.2, -0.15) is 0 Å². The number of hydrogen-bond donors (Lipinski definition) is 1. The third-order valence-corrected chi connectivity index (χ3v) is 4.01. The van der Waals surface area contributed by atoms with Gasteiger partial charge >= 0.3 is 0 Å². The first-order valence-electron chi connectivity index (χ1n) is 7.49. The molecule has 1 atom stereocenters. The average Bonchev–Trinajstić information content (AvgIpc) is 2.90. The first-order valence-corrected chi connectivity index (χ1v) is 7.49. The van der Waals surface area contributed by atoms with Gasteiger partial charge in [-0.15, -0.1) is 0 Å².